The summed E-state index contributed by atoms with van der Waals surface area (Å²) < 4.78 is 10.6. The second kappa shape index (κ2) is 6.00. The minimum absolute atomic E-state index is 0.0856. The molecule has 1 aliphatic carbocycles. The Bertz CT molecular complexity index is 667. The van der Waals surface area contributed by atoms with Crippen molar-refractivity contribution in [2.24, 2.45) is 17.8 Å². The Morgan fingerprint density at radius 2 is 1.88 bits per heavy atom. The largest absolute Gasteiger partial charge is 0.454 e. The summed E-state index contributed by atoms with van der Waals surface area (Å²) in [6.45, 7) is 4.08. The minimum atomic E-state index is -0.206. The molecule has 6 heteroatoms. The van der Waals surface area contributed by atoms with Crippen LogP contribution in [-0.4, -0.2) is 36.6 Å². The van der Waals surface area contributed by atoms with Crippen molar-refractivity contribution in [1.82, 2.24) is 4.90 Å². The maximum Gasteiger partial charge on any atom is 0.231 e. The summed E-state index contributed by atoms with van der Waals surface area (Å²) in [5.41, 5.74) is 0.675. The van der Waals surface area contributed by atoms with Crippen LogP contribution in [0.15, 0.2) is 18.2 Å². The Kier molecular flexibility index (Phi) is 3.82. The lowest BCUT2D eigenvalue weighted by atomic mass is 9.99. The van der Waals surface area contributed by atoms with Gasteiger partial charge in [0.2, 0.25) is 18.6 Å². The number of rotatable bonds is 3. The van der Waals surface area contributed by atoms with E-state index >= 15 is 0 Å². The molecule has 2 amide bonds. The van der Waals surface area contributed by atoms with Crippen LogP contribution in [0.1, 0.15) is 26.2 Å². The number of carbonyl (C=O) groups excluding carboxylic acids is 2. The maximum atomic E-state index is 12.5. The van der Waals surface area contributed by atoms with Gasteiger partial charge in [0.25, 0.3) is 0 Å². The lowest BCUT2D eigenvalue weighted by Crippen LogP contribution is -2.39. The molecule has 2 aliphatic heterocycles. The number of hydrogen-bond donors (Lipinski definition) is 1. The highest BCUT2D eigenvalue weighted by Gasteiger charge is 2.49. The zero-order chi connectivity index (χ0) is 16.7. The van der Waals surface area contributed by atoms with Gasteiger partial charge >= 0.3 is 0 Å². The lowest BCUT2D eigenvalue weighted by Gasteiger charge is -2.30. The van der Waals surface area contributed by atoms with Gasteiger partial charge < -0.3 is 19.7 Å². The number of amides is 2. The molecule has 4 rings (SSSR count). The summed E-state index contributed by atoms with van der Waals surface area (Å²) >= 11 is 0. The molecule has 0 radical (unpaired) electrons. The summed E-state index contributed by atoms with van der Waals surface area (Å²) in [6, 6.07) is 5.32. The monoisotopic (exact) mass is 330 g/mol. The van der Waals surface area contributed by atoms with Gasteiger partial charge in [-0.2, -0.15) is 0 Å². The fourth-order valence-electron chi connectivity index (χ4n) is 3.43. The van der Waals surface area contributed by atoms with Crippen LogP contribution in [0.3, 0.4) is 0 Å². The van der Waals surface area contributed by atoms with Gasteiger partial charge in [0.1, 0.15) is 0 Å². The van der Waals surface area contributed by atoms with Gasteiger partial charge in [0, 0.05) is 24.8 Å². The van der Waals surface area contributed by atoms with E-state index in [1.165, 1.54) is 0 Å². The first kappa shape index (κ1) is 15.3. The molecule has 0 bridgehead atoms. The van der Waals surface area contributed by atoms with Crippen LogP contribution >= 0.6 is 0 Å². The zero-order valence-electron chi connectivity index (χ0n) is 13.8. The summed E-state index contributed by atoms with van der Waals surface area (Å²) in [5.74, 6) is 1.73. The third kappa shape index (κ3) is 2.92. The number of benzene rings is 1. The van der Waals surface area contributed by atoms with Crippen LogP contribution in [0, 0.1) is 17.8 Å². The second-order valence-corrected chi connectivity index (χ2v) is 7.01. The van der Waals surface area contributed by atoms with Crippen molar-refractivity contribution in [2.45, 2.75) is 26.2 Å². The topological polar surface area (TPSA) is 67.9 Å². The van der Waals surface area contributed by atoms with Gasteiger partial charge in [-0.25, -0.2) is 0 Å². The van der Waals surface area contributed by atoms with Crippen LogP contribution in [0.5, 0.6) is 11.5 Å². The SMILES string of the molecule is CC1CCN(C(=O)C2CC2C(=O)Nc2ccc3c(c2)OCO3)CC1. The van der Waals surface area contributed by atoms with E-state index in [9.17, 15) is 9.59 Å². The molecule has 2 atom stereocenters. The van der Waals surface area contributed by atoms with Crippen molar-refractivity contribution in [3.8, 4) is 11.5 Å². The molecule has 1 saturated carbocycles. The fourth-order valence-corrected chi connectivity index (χ4v) is 3.43. The summed E-state index contributed by atoms with van der Waals surface area (Å²) in [7, 11) is 0. The highest BCUT2D eigenvalue weighted by Crippen LogP contribution is 2.42. The van der Waals surface area contributed by atoms with E-state index in [2.05, 4.69) is 12.2 Å². The molecule has 1 saturated heterocycles. The molecular weight excluding hydrogens is 308 g/mol. The van der Waals surface area contributed by atoms with Crippen molar-refractivity contribution in [2.75, 3.05) is 25.2 Å². The molecule has 2 unspecified atom stereocenters. The Morgan fingerprint density at radius 1 is 1.12 bits per heavy atom. The third-order valence-electron chi connectivity index (χ3n) is 5.18. The molecule has 0 aromatic heterocycles. The fraction of sp³-hybridized carbons (Fsp3) is 0.556. The Labute approximate surface area is 141 Å². The van der Waals surface area contributed by atoms with Gasteiger partial charge in [0.15, 0.2) is 11.5 Å². The molecule has 2 fully saturated rings. The second-order valence-electron chi connectivity index (χ2n) is 7.01. The normalized spacial score (nSPS) is 25.5. The standard InChI is InChI=1S/C18H22N2O4/c1-11-4-6-20(7-5-11)18(22)14-9-13(14)17(21)19-12-2-3-15-16(8-12)24-10-23-15/h2-3,8,11,13-14H,4-7,9-10H2,1H3,(H,19,21). The molecule has 1 aromatic rings. The minimum Gasteiger partial charge on any atom is -0.454 e. The average Bonchev–Trinajstić information content (AvgIpc) is 3.25. The van der Waals surface area contributed by atoms with Crippen molar-refractivity contribution in [1.29, 1.82) is 0 Å². The number of nitrogens with one attached hydrogen (secondary N) is 1. The number of ether oxygens (including phenoxy) is 2. The summed E-state index contributed by atoms with van der Waals surface area (Å²) in [5, 5.41) is 2.88. The first-order valence-corrected chi connectivity index (χ1v) is 8.61. The Morgan fingerprint density at radius 3 is 2.67 bits per heavy atom. The van der Waals surface area contributed by atoms with Crippen LogP contribution in [-0.2, 0) is 9.59 Å². The van der Waals surface area contributed by atoms with Gasteiger partial charge in [0.05, 0.1) is 11.8 Å². The first-order valence-electron chi connectivity index (χ1n) is 8.61. The molecular formula is C18H22N2O4. The number of nitrogens with zero attached hydrogens (tertiary/aromatic N) is 1. The van der Waals surface area contributed by atoms with Gasteiger partial charge in [-0.05, 0) is 37.3 Å². The van der Waals surface area contributed by atoms with E-state index in [1.54, 1.807) is 18.2 Å². The van der Waals surface area contributed by atoms with E-state index in [4.69, 9.17) is 9.47 Å². The van der Waals surface area contributed by atoms with E-state index in [0.717, 1.165) is 25.9 Å². The maximum absolute atomic E-state index is 12.5. The predicted molar refractivity (Wildman–Crippen MR) is 87.8 cm³/mol. The van der Waals surface area contributed by atoms with Gasteiger partial charge in [-0.15, -0.1) is 0 Å². The highest BCUT2D eigenvalue weighted by atomic mass is 16.7. The van der Waals surface area contributed by atoms with E-state index in [0.29, 0.717) is 29.5 Å². The quantitative estimate of drug-likeness (QED) is 0.923. The van der Waals surface area contributed by atoms with Crippen molar-refractivity contribution in [3.05, 3.63) is 18.2 Å². The number of likely N-dealkylation sites (tertiary alicyclic amines) is 1. The molecule has 2 heterocycles. The summed E-state index contributed by atoms with van der Waals surface area (Å²) in [6.07, 6.45) is 2.78. The van der Waals surface area contributed by atoms with Crippen LogP contribution in [0.4, 0.5) is 5.69 Å². The molecule has 24 heavy (non-hydrogen) atoms. The van der Waals surface area contributed by atoms with Crippen molar-refractivity contribution < 1.29 is 19.1 Å². The molecule has 6 nitrogen and oxygen atoms in total. The highest BCUT2D eigenvalue weighted by molar-refractivity contribution is 5.99. The number of hydrogen-bond acceptors (Lipinski definition) is 4. The van der Waals surface area contributed by atoms with Gasteiger partial charge in [-0.3, -0.25) is 9.59 Å². The number of fused-ring (bicyclic) bond motifs is 1. The molecule has 3 aliphatic rings. The van der Waals surface area contributed by atoms with Crippen LogP contribution in [0.25, 0.3) is 0 Å². The average molecular weight is 330 g/mol. The van der Waals surface area contributed by atoms with E-state index < -0.39 is 0 Å². The van der Waals surface area contributed by atoms with Crippen LogP contribution in [0.2, 0.25) is 0 Å². The van der Waals surface area contributed by atoms with E-state index in [1.807, 2.05) is 4.90 Å². The Hall–Kier alpha value is -2.24. The van der Waals surface area contributed by atoms with Gasteiger partial charge in [-0.1, -0.05) is 6.92 Å². The Balaban J connectivity index is 1.33. The number of anilines is 1. The lowest BCUT2D eigenvalue weighted by molar-refractivity contribution is -0.135. The molecule has 128 valence electrons. The van der Waals surface area contributed by atoms with Crippen LogP contribution < -0.4 is 14.8 Å². The first-order chi connectivity index (χ1) is 11.6. The smallest absolute Gasteiger partial charge is 0.231 e. The number of carbonyl (C=O) groups is 2. The van der Waals surface area contributed by atoms with Crippen molar-refractivity contribution in [3.63, 3.8) is 0 Å². The van der Waals surface area contributed by atoms with E-state index in [-0.39, 0.29) is 30.4 Å². The summed E-state index contributed by atoms with van der Waals surface area (Å²) in [4.78, 5) is 26.8. The predicted octanol–water partition coefficient (Wildman–Crippen LogP) is 2.25. The zero-order valence-corrected chi connectivity index (χ0v) is 13.8. The molecule has 1 aromatic carbocycles. The molecule has 0 spiro atoms. The van der Waals surface area contributed by atoms with Crippen molar-refractivity contribution >= 4 is 17.5 Å². The third-order valence-corrected chi connectivity index (χ3v) is 5.18. The molecule has 1 N–H and O–H groups in total. The number of piperidine rings is 1.